The van der Waals surface area contributed by atoms with Gasteiger partial charge in [-0.1, -0.05) is 11.6 Å². The molecule has 7 nitrogen and oxygen atoms in total. The van der Waals surface area contributed by atoms with Gasteiger partial charge in [-0.3, -0.25) is 9.59 Å². The highest BCUT2D eigenvalue weighted by molar-refractivity contribution is 6.30. The summed E-state index contributed by atoms with van der Waals surface area (Å²) in [4.78, 5) is 32.7. The number of carbonyl (C=O) groups is 1. The predicted molar refractivity (Wildman–Crippen MR) is 124 cm³/mol. The molecule has 33 heavy (non-hydrogen) atoms. The summed E-state index contributed by atoms with van der Waals surface area (Å²) in [5, 5.41) is 0.672. The zero-order valence-corrected chi connectivity index (χ0v) is 19.6. The highest BCUT2D eigenvalue weighted by Gasteiger charge is 2.66. The summed E-state index contributed by atoms with van der Waals surface area (Å²) in [7, 11) is 0. The number of aryl methyl sites for hydroxylation is 1. The van der Waals surface area contributed by atoms with Gasteiger partial charge in [-0.05, 0) is 57.5 Å². The third kappa shape index (κ3) is 2.98. The number of hydrogen-bond donors (Lipinski definition) is 0. The molecule has 0 N–H and O–H groups in total. The molecular weight excluding hydrogens is 440 g/mol. The lowest BCUT2D eigenvalue weighted by atomic mass is 9.83. The largest absolute Gasteiger partial charge is 0.487 e. The lowest BCUT2D eigenvalue weighted by Gasteiger charge is -2.40. The van der Waals surface area contributed by atoms with Crippen LogP contribution in [0, 0.1) is 12.8 Å². The van der Waals surface area contributed by atoms with E-state index in [0.29, 0.717) is 42.0 Å². The topological polar surface area (TPSA) is 69.4 Å². The number of nitrogens with zero attached hydrogens (tertiary/aromatic N) is 4. The number of pyridine rings is 1. The molecule has 1 aliphatic carbocycles. The first-order chi connectivity index (χ1) is 15.7. The van der Waals surface area contributed by atoms with Gasteiger partial charge in [-0.25, -0.2) is 4.98 Å². The minimum Gasteiger partial charge on any atom is -0.487 e. The number of halogens is 1. The van der Waals surface area contributed by atoms with Gasteiger partial charge in [0, 0.05) is 47.8 Å². The van der Waals surface area contributed by atoms with Crippen LogP contribution >= 0.6 is 11.6 Å². The number of carbonyl (C=O) groups excluding carboxylic acids is 1. The molecule has 1 amide bonds. The maximum absolute atomic E-state index is 13.5. The van der Waals surface area contributed by atoms with E-state index in [4.69, 9.17) is 16.3 Å². The molecule has 0 saturated heterocycles. The Bertz CT molecular complexity index is 1370. The number of aromatic nitrogens is 3. The third-order valence-corrected chi connectivity index (χ3v) is 7.72. The second-order valence-corrected chi connectivity index (χ2v) is 10.4. The molecule has 2 aromatic heterocycles. The average molecular weight is 465 g/mol. The highest BCUT2D eigenvalue weighted by Crippen LogP contribution is 2.65. The van der Waals surface area contributed by atoms with E-state index in [2.05, 4.69) is 18.8 Å². The van der Waals surface area contributed by atoms with Crippen molar-refractivity contribution in [3.63, 3.8) is 0 Å². The Morgan fingerprint density at radius 3 is 2.76 bits per heavy atom. The van der Waals surface area contributed by atoms with E-state index in [1.54, 1.807) is 27.6 Å². The van der Waals surface area contributed by atoms with Crippen molar-refractivity contribution in [1.82, 2.24) is 19.0 Å². The van der Waals surface area contributed by atoms with Crippen molar-refractivity contribution < 1.29 is 9.53 Å². The van der Waals surface area contributed by atoms with E-state index < -0.39 is 0 Å². The maximum atomic E-state index is 13.5. The first kappa shape index (κ1) is 20.5. The summed E-state index contributed by atoms with van der Waals surface area (Å²) < 4.78 is 9.58. The molecule has 3 aromatic rings. The summed E-state index contributed by atoms with van der Waals surface area (Å²) in [6.45, 7) is 7.65. The van der Waals surface area contributed by atoms with Crippen LogP contribution in [-0.4, -0.2) is 43.6 Å². The first-order valence-electron chi connectivity index (χ1n) is 11.2. The number of fused-ring (bicyclic) bond motifs is 4. The predicted octanol–water partition coefficient (Wildman–Crippen LogP) is 3.58. The van der Waals surface area contributed by atoms with E-state index >= 15 is 0 Å². The normalized spacial score (nSPS) is 24.5. The van der Waals surface area contributed by atoms with E-state index in [9.17, 15) is 9.59 Å². The van der Waals surface area contributed by atoms with Crippen molar-refractivity contribution in [3.8, 4) is 11.4 Å². The quantitative estimate of drug-likeness (QED) is 0.594. The minimum absolute atomic E-state index is 0.111. The zero-order valence-electron chi connectivity index (χ0n) is 18.8. The molecule has 2 aliphatic heterocycles. The van der Waals surface area contributed by atoms with Crippen LogP contribution in [0.2, 0.25) is 5.02 Å². The third-order valence-electron chi connectivity index (χ3n) is 7.48. The lowest BCUT2D eigenvalue weighted by Crippen LogP contribution is -2.50. The van der Waals surface area contributed by atoms with Crippen LogP contribution in [0.1, 0.15) is 42.0 Å². The molecule has 8 heteroatoms. The first-order valence-corrected chi connectivity index (χ1v) is 11.6. The van der Waals surface area contributed by atoms with Crippen LogP contribution in [0.3, 0.4) is 0 Å². The van der Waals surface area contributed by atoms with Crippen molar-refractivity contribution >= 4 is 17.5 Å². The minimum atomic E-state index is -0.313. The van der Waals surface area contributed by atoms with Crippen LogP contribution in [-0.2, 0) is 12.0 Å². The van der Waals surface area contributed by atoms with Crippen molar-refractivity contribution in [2.45, 2.75) is 44.8 Å². The van der Waals surface area contributed by atoms with Crippen LogP contribution in [0.25, 0.3) is 5.69 Å². The van der Waals surface area contributed by atoms with E-state index in [1.165, 1.54) is 0 Å². The second-order valence-electron chi connectivity index (χ2n) is 9.97. The Balaban J connectivity index is 1.34. The Hall–Kier alpha value is -3.06. The molecule has 0 spiro atoms. The van der Waals surface area contributed by atoms with Gasteiger partial charge in [-0.15, -0.1) is 0 Å². The number of hydrogen-bond acceptors (Lipinski definition) is 4. The highest BCUT2D eigenvalue weighted by atomic mass is 35.5. The zero-order chi connectivity index (χ0) is 23.1. The second kappa shape index (κ2) is 6.73. The van der Waals surface area contributed by atoms with Crippen LogP contribution < -0.4 is 10.3 Å². The van der Waals surface area contributed by atoms with Crippen molar-refractivity contribution in [2.24, 2.45) is 5.92 Å². The van der Waals surface area contributed by atoms with E-state index in [0.717, 1.165) is 23.4 Å². The number of rotatable bonds is 3. The molecule has 4 heterocycles. The van der Waals surface area contributed by atoms with Crippen LogP contribution in [0.5, 0.6) is 5.75 Å². The van der Waals surface area contributed by atoms with Gasteiger partial charge in [0.05, 0.1) is 12.0 Å². The molecule has 6 rings (SSSR count). The smallest absolute Gasteiger partial charge is 0.275 e. The van der Waals surface area contributed by atoms with Gasteiger partial charge in [0.15, 0.2) is 0 Å². The summed E-state index contributed by atoms with van der Waals surface area (Å²) in [6.07, 6.45) is 4.38. The Morgan fingerprint density at radius 1 is 1.18 bits per heavy atom. The van der Waals surface area contributed by atoms with Gasteiger partial charge in [-0.2, -0.15) is 0 Å². The van der Waals surface area contributed by atoms with Crippen LogP contribution in [0.4, 0.5) is 0 Å². The molecule has 1 fully saturated rings. The fourth-order valence-electron chi connectivity index (χ4n) is 5.81. The maximum Gasteiger partial charge on any atom is 0.275 e. The van der Waals surface area contributed by atoms with Gasteiger partial charge in [0.1, 0.15) is 22.7 Å². The molecular formula is C25H25ClN4O3. The summed E-state index contributed by atoms with van der Waals surface area (Å²) >= 11 is 6.34. The van der Waals surface area contributed by atoms with Crippen molar-refractivity contribution in [3.05, 3.63) is 75.2 Å². The molecule has 2 atom stereocenters. The SMILES string of the molecule is Cc1cn(-c2ccc3n(c2=O)CCN(C[C@]24C[C@H]2C(C)(C)Oc2ccc(Cl)cc24)C3=O)cn1. The number of benzene rings is 1. The molecule has 1 aromatic carbocycles. The number of imidazole rings is 1. The van der Waals surface area contributed by atoms with Crippen molar-refractivity contribution in [2.75, 3.05) is 13.1 Å². The Morgan fingerprint density at radius 2 is 2.00 bits per heavy atom. The van der Waals surface area contributed by atoms with Crippen LogP contribution in [0.15, 0.2) is 47.7 Å². The van der Waals surface area contributed by atoms with Gasteiger partial charge >= 0.3 is 0 Å². The molecule has 0 unspecified atom stereocenters. The summed E-state index contributed by atoms with van der Waals surface area (Å²) in [5.41, 5.74) is 2.18. The molecule has 0 bridgehead atoms. The van der Waals surface area contributed by atoms with Gasteiger partial charge < -0.3 is 18.8 Å². The van der Waals surface area contributed by atoms with Gasteiger partial charge in [0.2, 0.25) is 0 Å². The fraction of sp³-hybridized carbons (Fsp3) is 0.400. The molecule has 1 saturated carbocycles. The fourth-order valence-corrected chi connectivity index (χ4v) is 5.98. The lowest BCUT2D eigenvalue weighted by molar-refractivity contribution is 0.0465. The van der Waals surface area contributed by atoms with E-state index in [1.807, 2.05) is 36.2 Å². The monoisotopic (exact) mass is 464 g/mol. The molecule has 0 radical (unpaired) electrons. The van der Waals surface area contributed by atoms with Crippen molar-refractivity contribution in [1.29, 1.82) is 0 Å². The Kier molecular flexibility index (Phi) is 4.19. The summed E-state index contributed by atoms with van der Waals surface area (Å²) in [6, 6.07) is 9.23. The number of ether oxygens (including phenoxy) is 1. The molecule has 170 valence electrons. The van der Waals surface area contributed by atoms with Gasteiger partial charge in [0.25, 0.3) is 11.5 Å². The standard InChI is InChI=1S/C25H25ClN4O3/c1-15-12-29(14-27-15)18-5-6-19-22(31)28(8-9-30(19)23(18)32)13-25-11-21(25)24(2,3)33-20-7-4-16(26)10-17(20)25/h4-7,10,12,14,21H,8-9,11,13H2,1-3H3/t21-,25-/m0/s1. The average Bonchev–Trinajstić information content (AvgIpc) is 3.38. The van der Waals surface area contributed by atoms with E-state index in [-0.39, 0.29) is 22.5 Å². The molecule has 3 aliphatic rings. The number of amides is 1. The Labute approximate surface area is 196 Å². The summed E-state index contributed by atoms with van der Waals surface area (Å²) in [5.74, 6) is 1.04.